The molecule has 1 saturated carbocycles. The standard InChI is InChI=1S/C15H22FN3.HI/c1-17-15(19-13-8-3-2-4-9-13)18-11-12-7-5-6-10-14(12)16;/h5-7,10,13H,2-4,8-9,11H2,1H3,(H2,17,18,19);1H. The number of benzene rings is 1. The minimum absolute atomic E-state index is 0. The van der Waals surface area contributed by atoms with Gasteiger partial charge in [-0.2, -0.15) is 0 Å². The molecule has 0 unspecified atom stereocenters. The molecule has 0 aromatic heterocycles. The Balaban J connectivity index is 0.00000200. The van der Waals surface area contributed by atoms with Crippen LogP contribution in [-0.2, 0) is 6.54 Å². The van der Waals surface area contributed by atoms with Crippen LogP contribution in [0.2, 0.25) is 0 Å². The Morgan fingerprint density at radius 1 is 1.25 bits per heavy atom. The summed E-state index contributed by atoms with van der Waals surface area (Å²) in [6.45, 7) is 0.457. The van der Waals surface area contributed by atoms with Crippen LogP contribution in [0.5, 0.6) is 0 Å². The summed E-state index contributed by atoms with van der Waals surface area (Å²) in [5.41, 5.74) is 0.661. The quantitative estimate of drug-likeness (QED) is 0.471. The normalized spacial score (nSPS) is 16.4. The molecular weight excluding hydrogens is 368 g/mol. The van der Waals surface area contributed by atoms with Crippen LogP contribution in [0, 0.1) is 5.82 Å². The van der Waals surface area contributed by atoms with Crippen molar-refractivity contribution in [3.63, 3.8) is 0 Å². The molecule has 0 amide bonds. The summed E-state index contributed by atoms with van der Waals surface area (Å²) in [5.74, 6) is 0.582. The van der Waals surface area contributed by atoms with E-state index in [2.05, 4.69) is 15.6 Å². The van der Waals surface area contributed by atoms with Gasteiger partial charge in [-0.15, -0.1) is 24.0 Å². The van der Waals surface area contributed by atoms with Crippen molar-refractivity contribution in [1.29, 1.82) is 0 Å². The number of nitrogens with zero attached hydrogens (tertiary/aromatic N) is 1. The summed E-state index contributed by atoms with van der Waals surface area (Å²) in [5, 5.41) is 6.58. The van der Waals surface area contributed by atoms with Gasteiger partial charge in [-0.1, -0.05) is 37.5 Å². The van der Waals surface area contributed by atoms with Gasteiger partial charge in [0, 0.05) is 25.2 Å². The van der Waals surface area contributed by atoms with Crippen LogP contribution < -0.4 is 10.6 Å². The summed E-state index contributed by atoms with van der Waals surface area (Å²) in [6, 6.07) is 7.32. The molecule has 0 bridgehead atoms. The number of rotatable bonds is 3. The lowest BCUT2D eigenvalue weighted by Crippen LogP contribution is -2.43. The number of halogens is 2. The zero-order chi connectivity index (χ0) is 13.5. The molecule has 20 heavy (non-hydrogen) atoms. The van der Waals surface area contributed by atoms with E-state index in [1.54, 1.807) is 19.2 Å². The maximum absolute atomic E-state index is 13.5. The molecule has 0 heterocycles. The zero-order valence-electron chi connectivity index (χ0n) is 11.9. The van der Waals surface area contributed by atoms with Gasteiger partial charge in [0.1, 0.15) is 5.82 Å². The van der Waals surface area contributed by atoms with Gasteiger partial charge in [0.2, 0.25) is 0 Å². The van der Waals surface area contributed by atoms with E-state index in [0.29, 0.717) is 18.2 Å². The van der Waals surface area contributed by atoms with Gasteiger partial charge in [0.25, 0.3) is 0 Å². The molecule has 1 aromatic carbocycles. The van der Waals surface area contributed by atoms with Crippen molar-refractivity contribution in [2.45, 2.75) is 44.7 Å². The highest BCUT2D eigenvalue weighted by atomic mass is 127. The number of aliphatic imine (C=N–C) groups is 1. The second-order valence-electron chi connectivity index (χ2n) is 5.00. The molecule has 1 aromatic rings. The maximum Gasteiger partial charge on any atom is 0.191 e. The Morgan fingerprint density at radius 3 is 2.60 bits per heavy atom. The van der Waals surface area contributed by atoms with Gasteiger partial charge in [0.05, 0.1) is 0 Å². The molecule has 0 saturated heterocycles. The number of hydrogen-bond acceptors (Lipinski definition) is 1. The molecule has 2 rings (SSSR count). The van der Waals surface area contributed by atoms with Crippen molar-refractivity contribution in [3.8, 4) is 0 Å². The highest BCUT2D eigenvalue weighted by molar-refractivity contribution is 14.0. The van der Waals surface area contributed by atoms with Gasteiger partial charge >= 0.3 is 0 Å². The fourth-order valence-corrected chi connectivity index (χ4v) is 2.46. The number of guanidine groups is 1. The van der Waals surface area contributed by atoms with Crippen molar-refractivity contribution >= 4 is 29.9 Å². The molecule has 1 fully saturated rings. The minimum atomic E-state index is -0.178. The van der Waals surface area contributed by atoms with E-state index in [9.17, 15) is 4.39 Å². The second-order valence-corrected chi connectivity index (χ2v) is 5.00. The number of hydrogen-bond donors (Lipinski definition) is 2. The van der Waals surface area contributed by atoms with E-state index in [1.807, 2.05) is 6.07 Å². The fourth-order valence-electron chi connectivity index (χ4n) is 2.46. The van der Waals surface area contributed by atoms with Gasteiger partial charge < -0.3 is 10.6 Å². The third kappa shape index (κ3) is 5.26. The van der Waals surface area contributed by atoms with Gasteiger partial charge in [-0.05, 0) is 18.9 Å². The first-order valence-corrected chi connectivity index (χ1v) is 7.00. The molecule has 0 aliphatic heterocycles. The second kappa shape index (κ2) is 9.15. The monoisotopic (exact) mass is 391 g/mol. The van der Waals surface area contributed by atoms with Crippen molar-refractivity contribution in [3.05, 3.63) is 35.6 Å². The predicted molar refractivity (Wildman–Crippen MR) is 92.0 cm³/mol. The lowest BCUT2D eigenvalue weighted by molar-refractivity contribution is 0.410. The predicted octanol–water partition coefficient (Wildman–Crippen LogP) is 3.44. The molecule has 1 aliphatic carbocycles. The Hall–Kier alpha value is -0.850. The summed E-state index contributed by atoms with van der Waals surface area (Å²) in [4.78, 5) is 4.20. The average Bonchev–Trinajstić information content (AvgIpc) is 2.46. The Morgan fingerprint density at radius 2 is 1.95 bits per heavy atom. The van der Waals surface area contributed by atoms with E-state index < -0.39 is 0 Å². The molecule has 2 N–H and O–H groups in total. The van der Waals surface area contributed by atoms with Crippen molar-refractivity contribution in [1.82, 2.24) is 10.6 Å². The van der Waals surface area contributed by atoms with E-state index >= 15 is 0 Å². The van der Waals surface area contributed by atoms with Crippen LogP contribution in [0.3, 0.4) is 0 Å². The van der Waals surface area contributed by atoms with Gasteiger partial charge in [-0.3, -0.25) is 4.99 Å². The van der Waals surface area contributed by atoms with E-state index in [4.69, 9.17) is 0 Å². The number of nitrogens with one attached hydrogen (secondary N) is 2. The van der Waals surface area contributed by atoms with E-state index in [0.717, 1.165) is 5.96 Å². The molecule has 1 aliphatic rings. The highest BCUT2D eigenvalue weighted by Gasteiger charge is 2.14. The maximum atomic E-state index is 13.5. The van der Waals surface area contributed by atoms with E-state index in [-0.39, 0.29) is 29.8 Å². The SMILES string of the molecule is CN=C(NCc1ccccc1F)NC1CCCCC1.I. The van der Waals surface area contributed by atoms with Gasteiger partial charge in [-0.25, -0.2) is 4.39 Å². The highest BCUT2D eigenvalue weighted by Crippen LogP contribution is 2.17. The average molecular weight is 391 g/mol. The zero-order valence-corrected chi connectivity index (χ0v) is 14.2. The van der Waals surface area contributed by atoms with Crippen LogP contribution in [-0.4, -0.2) is 19.0 Å². The first-order chi connectivity index (χ1) is 9.29. The Kier molecular flexibility index (Phi) is 7.87. The van der Waals surface area contributed by atoms with Crippen LogP contribution in [0.25, 0.3) is 0 Å². The van der Waals surface area contributed by atoms with Crippen molar-refractivity contribution < 1.29 is 4.39 Å². The molecule has 0 atom stereocenters. The van der Waals surface area contributed by atoms with Crippen molar-refractivity contribution in [2.75, 3.05) is 7.05 Å². The Bertz CT molecular complexity index is 431. The van der Waals surface area contributed by atoms with Crippen LogP contribution in [0.1, 0.15) is 37.7 Å². The molecule has 5 heteroatoms. The molecule has 112 valence electrons. The third-order valence-electron chi connectivity index (χ3n) is 3.57. The molecular formula is C15H23FIN3. The largest absolute Gasteiger partial charge is 0.354 e. The van der Waals surface area contributed by atoms with Crippen molar-refractivity contribution in [2.24, 2.45) is 4.99 Å². The smallest absolute Gasteiger partial charge is 0.191 e. The molecule has 0 radical (unpaired) electrons. The summed E-state index contributed by atoms with van der Waals surface area (Å²) in [7, 11) is 1.75. The van der Waals surface area contributed by atoms with Crippen LogP contribution in [0.4, 0.5) is 4.39 Å². The van der Waals surface area contributed by atoms with Gasteiger partial charge in [0.15, 0.2) is 5.96 Å². The topological polar surface area (TPSA) is 36.4 Å². The lowest BCUT2D eigenvalue weighted by Gasteiger charge is -2.24. The minimum Gasteiger partial charge on any atom is -0.354 e. The summed E-state index contributed by atoms with van der Waals surface area (Å²) >= 11 is 0. The van der Waals surface area contributed by atoms with E-state index in [1.165, 1.54) is 38.2 Å². The first-order valence-electron chi connectivity index (χ1n) is 7.00. The molecule has 3 nitrogen and oxygen atoms in total. The third-order valence-corrected chi connectivity index (χ3v) is 3.57. The Labute approximate surface area is 137 Å². The fraction of sp³-hybridized carbons (Fsp3) is 0.533. The first kappa shape index (κ1) is 17.2. The van der Waals surface area contributed by atoms with Crippen LogP contribution >= 0.6 is 24.0 Å². The lowest BCUT2D eigenvalue weighted by atomic mass is 9.96. The van der Waals surface area contributed by atoms with Crippen LogP contribution in [0.15, 0.2) is 29.3 Å². The molecule has 0 spiro atoms. The summed E-state index contributed by atoms with van der Waals surface area (Å²) in [6.07, 6.45) is 6.28. The summed E-state index contributed by atoms with van der Waals surface area (Å²) < 4.78 is 13.5.